The molecule has 0 atom stereocenters. The maximum absolute atomic E-state index is 11.9. The number of carbonyl (C=O) groups excluding carboxylic acids is 2. The number of thioether (sulfide) groups is 1. The van der Waals surface area contributed by atoms with Crippen molar-refractivity contribution >= 4 is 23.6 Å². The summed E-state index contributed by atoms with van der Waals surface area (Å²) in [5, 5.41) is 9.15. The van der Waals surface area contributed by atoms with Crippen LogP contribution in [0.15, 0.2) is 52.2 Å². The number of benzene rings is 1. The molecule has 8 nitrogen and oxygen atoms in total. The Hall–Kier alpha value is -3.07. The predicted octanol–water partition coefficient (Wildman–Crippen LogP) is 2.15. The van der Waals surface area contributed by atoms with Crippen LogP contribution in [0.3, 0.4) is 0 Å². The van der Waals surface area contributed by atoms with Gasteiger partial charge < -0.3 is 4.42 Å². The average molecular weight is 385 g/mol. The van der Waals surface area contributed by atoms with Crippen molar-refractivity contribution in [2.75, 3.05) is 5.75 Å². The minimum Gasteiger partial charge on any atom is -0.469 e. The van der Waals surface area contributed by atoms with Crippen LogP contribution in [-0.4, -0.2) is 32.3 Å². The molecule has 2 amide bonds. The molecule has 140 valence electrons. The van der Waals surface area contributed by atoms with Crippen molar-refractivity contribution in [3.8, 4) is 11.4 Å². The summed E-state index contributed by atoms with van der Waals surface area (Å²) in [7, 11) is 0. The van der Waals surface area contributed by atoms with Crippen LogP contribution < -0.4 is 10.9 Å². The van der Waals surface area contributed by atoms with Crippen LogP contribution in [0.4, 0.5) is 0 Å². The molecule has 2 aromatic heterocycles. The van der Waals surface area contributed by atoms with Crippen LogP contribution >= 0.6 is 11.8 Å². The van der Waals surface area contributed by atoms with Crippen molar-refractivity contribution < 1.29 is 14.0 Å². The molecule has 1 aromatic carbocycles. The van der Waals surface area contributed by atoms with E-state index in [1.807, 2.05) is 47.9 Å². The molecule has 0 aliphatic carbocycles. The third-order valence-electron chi connectivity index (χ3n) is 3.71. The van der Waals surface area contributed by atoms with Crippen molar-refractivity contribution in [2.45, 2.75) is 25.5 Å². The fraction of sp³-hybridized carbons (Fsp3) is 0.222. The zero-order valence-electron chi connectivity index (χ0n) is 14.9. The fourth-order valence-corrected chi connectivity index (χ4v) is 3.18. The standard InChI is InChI=1S/C18H19N5O3S/c1-12-15(8-9-26-12)17-21-22-18(27-11-16(25)20-19-13(2)24)23(17)10-14-6-4-3-5-7-14/h3-9H,10-11H2,1-2H3,(H,19,24)(H,20,25). The first-order valence-electron chi connectivity index (χ1n) is 8.24. The van der Waals surface area contributed by atoms with Gasteiger partial charge in [-0.05, 0) is 18.6 Å². The molecule has 0 radical (unpaired) electrons. The Bertz CT molecular complexity index is 936. The summed E-state index contributed by atoms with van der Waals surface area (Å²) >= 11 is 1.25. The van der Waals surface area contributed by atoms with Gasteiger partial charge in [-0.15, -0.1) is 10.2 Å². The third kappa shape index (κ3) is 4.76. The van der Waals surface area contributed by atoms with Crippen molar-refractivity contribution in [1.82, 2.24) is 25.6 Å². The third-order valence-corrected chi connectivity index (χ3v) is 4.68. The Morgan fingerprint density at radius 3 is 2.59 bits per heavy atom. The zero-order chi connectivity index (χ0) is 19.2. The van der Waals surface area contributed by atoms with E-state index in [0.717, 1.165) is 16.9 Å². The van der Waals surface area contributed by atoms with Gasteiger partial charge in [0.05, 0.1) is 24.1 Å². The number of amides is 2. The van der Waals surface area contributed by atoms with Crippen LogP contribution in [0, 0.1) is 6.92 Å². The second kappa shape index (κ2) is 8.54. The van der Waals surface area contributed by atoms with Gasteiger partial charge in [-0.3, -0.25) is 25.0 Å². The molecule has 0 saturated heterocycles. The summed E-state index contributed by atoms with van der Waals surface area (Å²) in [6.45, 7) is 3.75. The summed E-state index contributed by atoms with van der Waals surface area (Å²) in [4.78, 5) is 22.7. The highest BCUT2D eigenvalue weighted by Crippen LogP contribution is 2.27. The van der Waals surface area contributed by atoms with Crippen molar-refractivity contribution in [3.63, 3.8) is 0 Å². The van der Waals surface area contributed by atoms with Crippen molar-refractivity contribution in [1.29, 1.82) is 0 Å². The molecular formula is C18H19N5O3S. The van der Waals surface area contributed by atoms with Crippen molar-refractivity contribution in [3.05, 3.63) is 54.0 Å². The fourth-order valence-electron chi connectivity index (χ4n) is 2.44. The first kappa shape index (κ1) is 18.7. The normalized spacial score (nSPS) is 10.6. The lowest BCUT2D eigenvalue weighted by molar-refractivity contribution is -0.126. The van der Waals surface area contributed by atoms with Crippen LogP contribution in [0.25, 0.3) is 11.4 Å². The molecule has 2 N–H and O–H groups in total. The first-order valence-corrected chi connectivity index (χ1v) is 9.23. The molecule has 0 fully saturated rings. The number of hydrogen-bond acceptors (Lipinski definition) is 6. The summed E-state index contributed by atoms with van der Waals surface area (Å²) in [5.74, 6) is 0.854. The van der Waals surface area contributed by atoms with Crippen LogP contribution in [0.2, 0.25) is 0 Å². The number of nitrogens with zero attached hydrogens (tertiary/aromatic N) is 3. The van der Waals surface area contributed by atoms with Gasteiger partial charge in [-0.1, -0.05) is 42.1 Å². The number of hydrazine groups is 1. The van der Waals surface area contributed by atoms with E-state index in [1.165, 1.54) is 18.7 Å². The monoisotopic (exact) mass is 385 g/mol. The van der Waals surface area contributed by atoms with E-state index in [9.17, 15) is 9.59 Å². The lowest BCUT2D eigenvalue weighted by Gasteiger charge is -2.10. The van der Waals surface area contributed by atoms with E-state index in [4.69, 9.17) is 4.42 Å². The molecule has 2 heterocycles. The smallest absolute Gasteiger partial charge is 0.248 e. The molecule has 0 aliphatic heterocycles. The minimum atomic E-state index is -0.335. The van der Waals surface area contributed by atoms with Gasteiger partial charge >= 0.3 is 0 Å². The number of hydrogen-bond donors (Lipinski definition) is 2. The largest absolute Gasteiger partial charge is 0.469 e. The number of aromatic nitrogens is 3. The summed E-state index contributed by atoms with van der Waals surface area (Å²) in [6.07, 6.45) is 1.61. The van der Waals surface area contributed by atoms with Crippen molar-refractivity contribution in [2.24, 2.45) is 0 Å². The summed E-state index contributed by atoms with van der Waals surface area (Å²) < 4.78 is 7.34. The highest BCUT2D eigenvalue weighted by atomic mass is 32.2. The zero-order valence-corrected chi connectivity index (χ0v) is 15.7. The highest BCUT2D eigenvalue weighted by molar-refractivity contribution is 7.99. The topological polar surface area (TPSA) is 102 Å². The molecule has 0 spiro atoms. The van der Waals surface area contributed by atoms with Gasteiger partial charge in [0.2, 0.25) is 11.8 Å². The Labute approximate surface area is 160 Å². The number of carbonyl (C=O) groups is 2. The summed E-state index contributed by atoms with van der Waals surface area (Å²) in [5.41, 5.74) is 6.54. The number of rotatable bonds is 6. The molecule has 27 heavy (non-hydrogen) atoms. The van der Waals surface area contributed by atoms with Gasteiger partial charge in [-0.2, -0.15) is 0 Å². The molecule has 0 bridgehead atoms. The second-order valence-electron chi connectivity index (χ2n) is 5.79. The SMILES string of the molecule is CC(=O)NNC(=O)CSc1nnc(-c2ccoc2C)n1Cc1ccccc1. The molecule has 9 heteroatoms. The molecule has 3 aromatic rings. The van der Waals surface area contributed by atoms with E-state index >= 15 is 0 Å². The minimum absolute atomic E-state index is 0.0948. The number of furan rings is 1. The predicted molar refractivity (Wildman–Crippen MR) is 101 cm³/mol. The Kier molecular flexibility index (Phi) is 5.92. The quantitative estimate of drug-likeness (QED) is 0.498. The van der Waals surface area contributed by atoms with Gasteiger partial charge in [0.1, 0.15) is 5.76 Å². The Morgan fingerprint density at radius 1 is 1.15 bits per heavy atom. The van der Waals surface area contributed by atoms with Gasteiger partial charge in [-0.25, -0.2) is 0 Å². The molecular weight excluding hydrogens is 366 g/mol. The molecule has 0 saturated carbocycles. The summed E-state index contributed by atoms with van der Waals surface area (Å²) in [6, 6.07) is 11.8. The van der Waals surface area contributed by atoms with Gasteiger partial charge in [0.25, 0.3) is 0 Å². The molecule has 3 rings (SSSR count). The van der Waals surface area contributed by atoms with Crippen LogP contribution in [0.1, 0.15) is 18.2 Å². The molecule has 0 aliphatic rings. The van der Waals surface area contributed by atoms with Crippen LogP contribution in [0.5, 0.6) is 0 Å². The first-order chi connectivity index (χ1) is 13.0. The van der Waals surface area contributed by atoms with E-state index in [-0.39, 0.29) is 17.6 Å². The number of nitrogens with one attached hydrogen (secondary N) is 2. The van der Waals surface area contributed by atoms with Gasteiger partial charge in [0, 0.05) is 6.92 Å². The van der Waals surface area contributed by atoms with Gasteiger partial charge in [0.15, 0.2) is 11.0 Å². The lowest BCUT2D eigenvalue weighted by atomic mass is 10.2. The van der Waals surface area contributed by atoms with E-state index in [1.54, 1.807) is 6.26 Å². The van der Waals surface area contributed by atoms with Crippen LogP contribution in [-0.2, 0) is 16.1 Å². The van der Waals surface area contributed by atoms with E-state index < -0.39 is 0 Å². The van der Waals surface area contributed by atoms with E-state index in [0.29, 0.717) is 17.5 Å². The Balaban J connectivity index is 1.83. The average Bonchev–Trinajstić information content (AvgIpc) is 3.25. The molecule has 0 unspecified atom stereocenters. The number of aryl methyl sites for hydroxylation is 1. The Morgan fingerprint density at radius 2 is 1.93 bits per heavy atom. The lowest BCUT2D eigenvalue weighted by Crippen LogP contribution is -2.41. The van der Waals surface area contributed by atoms with E-state index in [2.05, 4.69) is 21.0 Å². The highest BCUT2D eigenvalue weighted by Gasteiger charge is 2.18. The second-order valence-corrected chi connectivity index (χ2v) is 6.73. The maximum atomic E-state index is 11.9. The maximum Gasteiger partial charge on any atom is 0.248 e.